The van der Waals surface area contributed by atoms with E-state index in [0.29, 0.717) is 25.9 Å². The predicted molar refractivity (Wildman–Crippen MR) is 81.1 cm³/mol. The van der Waals surface area contributed by atoms with Crippen molar-refractivity contribution in [1.29, 1.82) is 0 Å². The van der Waals surface area contributed by atoms with E-state index >= 15 is 0 Å². The summed E-state index contributed by atoms with van der Waals surface area (Å²) in [6.45, 7) is 2.87. The second kappa shape index (κ2) is 7.52. The number of unbranched alkanes of at least 4 members (excludes halogenated alkanes) is 2. The predicted octanol–water partition coefficient (Wildman–Crippen LogP) is 2.64. The lowest BCUT2D eigenvalue weighted by Crippen LogP contribution is -2.47. The molecule has 1 spiro atoms. The number of hydrogen-bond acceptors (Lipinski definition) is 4. The highest BCUT2D eigenvalue weighted by Crippen LogP contribution is 2.48. The van der Waals surface area contributed by atoms with E-state index in [1.165, 1.54) is 12.8 Å². The number of methoxy groups -OCH3 is 1. The Morgan fingerprint density at radius 1 is 1.52 bits per heavy atom. The maximum atomic E-state index is 12.0. The number of aliphatic hydroxyl groups excluding tert-OH is 1. The number of hydrogen-bond donors (Lipinski definition) is 1. The Morgan fingerprint density at radius 3 is 2.90 bits per heavy atom. The van der Waals surface area contributed by atoms with E-state index in [9.17, 15) is 9.90 Å². The van der Waals surface area contributed by atoms with Crippen molar-refractivity contribution in [3.8, 4) is 0 Å². The Kier molecular flexibility index (Phi) is 5.97. The Labute approximate surface area is 127 Å². The molecule has 1 heterocycles. The fourth-order valence-corrected chi connectivity index (χ4v) is 3.33. The molecule has 21 heavy (non-hydrogen) atoms. The molecule has 2 rings (SSSR count). The van der Waals surface area contributed by atoms with Gasteiger partial charge in [-0.3, -0.25) is 4.79 Å². The van der Waals surface area contributed by atoms with Crippen LogP contribution in [0.1, 0.15) is 51.9 Å². The number of carbonyl (C=O) groups excluding carboxylic acids is 1. The van der Waals surface area contributed by atoms with Crippen LogP contribution in [0.5, 0.6) is 0 Å². The summed E-state index contributed by atoms with van der Waals surface area (Å²) >= 11 is 0. The first kappa shape index (κ1) is 16.7. The van der Waals surface area contributed by atoms with E-state index in [4.69, 9.17) is 9.47 Å². The Balaban J connectivity index is 1.86. The molecule has 0 aromatic carbocycles. The zero-order chi connectivity index (χ0) is 15.3. The van der Waals surface area contributed by atoms with E-state index in [1.54, 1.807) is 7.11 Å². The van der Waals surface area contributed by atoms with Gasteiger partial charge in [0, 0.05) is 19.4 Å². The third kappa shape index (κ3) is 4.15. The number of aliphatic hydroxyl groups is 1. The van der Waals surface area contributed by atoms with Crippen LogP contribution in [-0.2, 0) is 14.3 Å². The molecular formula is C17H28O4. The van der Waals surface area contributed by atoms with E-state index in [0.717, 1.165) is 12.8 Å². The minimum atomic E-state index is -0.433. The Bertz CT molecular complexity index is 373. The van der Waals surface area contributed by atoms with E-state index < -0.39 is 12.2 Å². The zero-order valence-corrected chi connectivity index (χ0v) is 13.2. The van der Waals surface area contributed by atoms with Gasteiger partial charge in [0.05, 0.1) is 18.3 Å². The van der Waals surface area contributed by atoms with E-state index in [2.05, 4.69) is 13.0 Å². The summed E-state index contributed by atoms with van der Waals surface area (Å²) in [4.78, 5) is 12.0. The molecule has 4 atom stereocenters. The molecule has 0 aromatic rings. The summed E-state index contributed by atoms with van der Waals surface area (Å²) in [5, 5.41) is 10.2. The van der Waals surface area contributed by atoms with Crippen molar-refractivity contribution in [3.05, 3.63) is 12.2 Å². The quantitative estimate of drug-likeness (QED) is 0.425. The number of rotatable bonds is 8. The van der Waals surface area contributed by atoms with Crippen LogP contribution >= 0.6 is 0 Å². The fraction of sp³-hybridized carbons (Fsp3) is 0.824. The molecule has 0 bridgehead atoms. The molecule has 1 saturated heterocycles. The Morgan fingerprint density at radius 2 is 2.29 bits per heavy atom. The molecule has 2 fully saturated rings. The first-order valence-electron chi connectivity index (χ1n) is 8.15. The highest BCUT2D eigenvalue weighted by molar-refractivity contribution is 5.84. The minimum Gasteiger partial charge on any atom is -0.393 e. The second-order valence-corrected chi connectivity index (χ2v) is 6.32. The first-order chi connectivity index (χ1) is 10.1. The lowest BCUT2D eigenvalue weighted by atomic mass is 9.73. The van der Waals surface area contributed by atoms with Crippen molar-refractivity contribution in [2.45, 2.75) is 69.7 Å². The minimum absolute atomic E-state index is 0.0113. The highest BCUT2D eigenvalue weighted by atomic mass is 16.6. The molecule has 4 heteroatoms. The lowest BCUT2D eigenvalue weighted by molar-refractivity contribution is -0.140. The standard InChI is InChI=1S/C17H28O4/c1-3-4-5-6-7-8-13(18)11-14-16(20-2)15(19)9-10-17(14)12-21-17/h6-7,13-14,16,18H,3-5,8-12H2,1-2H3. The van der Waals surface area contributed by atoms with Gasteiger partial charge in [-0.15, -0.1) is 0 Å². The van der Waals surface area contributed by atoms with Gasteiger partial charge < -0.3 is 14.6 Å². The smallest absolute Gasteiger partial charge is 0.162 e. The van der Waals surface area contributed by atoms with Gasteiger partial charge >= 0.3 is 0 Å². The summed E-state index contributed by atoms with van der Waals surface area (Å²) in [7, 11) is 1.58. The highest BCUT2D eigenvalue weighted by Gasteiger charge is 2.58. The van der Waals surface area contributed by atoms with Crippen LogP contribution in [0.25, 0.3) is 0 Å². The van der Waals surface area contributed by atoms with Gasteiger partial charge in [-0.2, -0.15) is 0 Å². The lowest BCUT2D eigenvalue weighted by Gasteiger charge is -2.35. The van der Waals surface area contributed by atoms with Gasteiger partial charge in [-0.05, 0) is 25.7 Å². The van der Waals surface area contributed by atoms with Gasteiger partial charge in [0.25, 0.3) is 0 Å². The van der Waals surface area contributed by atoms with Crippen LogP contribution in [0.4, 0.5) is 0 Å². The van der Waals surface area contributed by atoms with Gasteiger partial charge in [0.2, 0.25) is 0 Å². The van der Waals surface area contributed by atoms with Crippen molar-refractivity contribution >= 4 is 5.78 Å². The number of carbonyl (C=O) groups is 1. The summed E-state index contributed by atoms with van der Waals surface area (Å²) in [5.41, 5.74) is -0.207. The Hall–Kier alpha value is -0.710. The molecular weight excluding hydrogens is 268 g/mol. The maximum absolute atomic E-state index is 12.0. The fourth-order valence-electron chi connectivity index (χ4n) is 3.33. The molecule has 1 saturated carbocycles. The van der Waals surface area contributed by atoms with Gasteiger partial charge in [-0.25, -0.2) is 0 Å². The van der Waals surface area contributed by atoms with Crippen molar-refractivity contribution in [3.63, 3.8) is 0 Å². The van der Waals surface area contributed by atoms with Crippen molar-refractivity contribution < 1.29 is 19.4 Å². The first-order valence-corrected chi connectivity index (χ1v) is 8.15. The van der Waals surface area contributed by atoms with Crippen LogP contribution in [0.3, 0.4) is 0 Å². The summed E-state index contributed by atoms with van der Waals surface area (Å²) in [5.74, 6) is 0.136. The largest absolute Gasteiger partial charge is 0.393 e. The molecule has 2 aliphatic rings. The van der Waals surface area contributed by atoms with Gasteiger partial charge in [0.15, 0.2) is 5.78 Å². The van der Waals surface area contributed by atoms with Gasteiger partial charge in [0.1, 0.15) is 6.10 Å². The molecule has 4 unspecified atom stereocenters. The third-order valence-corrected chi connectivity index (χ3v) is 4.75. The number of ketones is 1. The zero-order valence-electron chi connectivity index (χ0n) is 13.2. The second-order valence-electron chi connectivity index (χ2n) is 6.32. The van der Waals surface area contributed by atoms with E-state index in [1.807, 2.05) is 6.08 Å². The molecule has 0 radical (unpaired) electrons. The number of allylic oxidation sites excluding steroid dienone is 1. The van der Waals surface area contributed by atoms with Crippen molar-refractivity contribution in [2.75, 3.05) is 13.7 Å². The molecule has 1 aliphatic carbocycles. The number of Topliss-reactive ketones (excluding diaryl/α,β-unsaturated/α-hetero) is 1. The number of ether oxygens (including phenoxy) is 2. The molecule has 1 N–H and O–H groups in total. The summed E-state index contributed by atoms with van der Waals surface area (Å²) in [6.07, 6.45) is 9.29. The van der Waals surface area contributed by atoms with Crippen LogP contribution in [-0.4, -0.2) is 42.4 Å². The average molecular weight is 296 g/mol. The molecule has 120 valence electrons. The molecule has 1 aliphatic heterocycles. The molecule has 0 aromatic heterocycles. The molecule has 4 nitrogen and oxygen atoms in total. The van der Waals surface area contributed by atoms with Crippen LogP contribution < -0.4 is 0 Å². The monoisotopic (exact) mass is 296 g/mol. The summed E-state index contributed by atoms with van der Waals surface area (Å²) < 4.78 is 11.0. The number of epoxide rings is 1. The van der Waals surface area contributed by atoms with Crippen LogP contribution in [0.2, 0.25) is 0 Å². The third-order valence-electron chi connectivity index (χ3n) is 4.75. The normalized spacial score (nSPS) is 33.8. The SMILES string of the molecule is CCCCC=CCC(O)CC1C(OC)C(=O)CCC12CO2. The van der Waals surface area contributed by atoms with Crippen LogP contribution in [0.15, 0.2) is 12.2 Å². The molecule has 0 amide bonds. The topological polar surface area (TPSA) is 59.1 Å². The van der Waals surface area contributed by atoms with Gasteiger partial charge in [-0.1, -0.05) is 31.9 Å². The van der Waals surface area contributed by atoms with E-state index in [-0.39, 0.29) is 17.3 Å². The summed E-state index contributed by atoms with van der Waals surface area (Å²) in [6, 6.07) is 0. The maximum Gasteiger partial charge on any atom is 0.162 e. The van der Waals surface area contributed by atoms with Crippen LogP contribution in [0, 0.1) is 5.92 Å². The average Bonchev–Trinajstić information content (AvgIpc) is 3.24. The van der Waals surface area contributed by atoms with Crippen molar-refractivity contribution in [1.82, 2.24) is 0 Å². The van der Waals surface area contributed by atoms with Crippen molar-refractivity contribution in [2.24, 2.45) is 5.92 Å².